The van der Waals surface area contributed by atoms with Crippen LogP contribution in [0.15, 0.2) is 42.7 Å². The Bertz CT molecular complexity index is 726. The Kier molecular flexibility index (Phi) is 4.64. The fraction of sp³-hybridized carbons (Fsp3) is 0.389. The molecule has 0 bridgehead atoms. The number of piperazine rings is 1. The molecule has 1 unspecified atom stereocenters. The van der Waals surface area contributed by atoms with E-state index in [1.807, 2.05) is 47.1 Å². The highest BCUT2D eigenvalue weighted by molar-refractivity contribution is 5.94. The molecule has 1 aromatic heterocycles. The lowest BCUT2D eigenvalue weighted by Crippen LogP contribution is -2.51. The van der Waals surface area contributed by atoms with E-state index in [1.165, 1.54) is 0 Å². The molecule has 126 valence electrons. The number of aromatic nitrogens is 2. The predicted octanol–water partition coefficient (Wildman–Crippen LogP) is 1.95. The van der Waals surface area contributed by atoms with Crippen molar-refractivity contribution >= 4 is 11.8 Å². The third-order valence-electron chi connectivity index (χ3n) is 4.46. The molecule has 24 heavy (non-hydrogen) atoms. The average molecular weight is 326 g/mol. The van der Waals surface area contributed by atoms with Crippen molar-refractivity contribution < 1.29 is 9.59 Å². The van der Waals surface area contributed by atoms with Crippen LogP contribution >= 0.6 is 0 Å². The second-order valence-corrected chi connectivity index (χ2v) is 5.97. The lowest BCUT2D eigenvalue weighted by atomic mass is 10.0. The van der Waals surface area contributed by atoms with Gasteiger partial charge < -0.3 is 9.80 Å². The number of benzene rings is 1. The van der Waals surface area contributed by atoms with Crippen molar-refractivity contribution in [3.8, 4) is 0 Å². The van der Waals surface area contributed by atoms with Crippen LogP contribution in [0.3, 0.4) is 0 Å². The third kappa shape index (κ3) is 3.18. The van der Waals surface area contributed by atoms with E-state index >= 15 is 0 Å². The topological polar surface area (TPSA) is 58.4 Å². The van der Waals surface area contributed by atoms with Gasteiger partial charge in [0.15, 0.2) is 0 Å². The summed E-state index contributed by atoms with van der Waals surface area (Å²) in [4.78, 5) is 28.4. The van der Waals surface area contributed by atoms with Crippen molar-refractivity contribution in [2.24, 2.45) is 0 Å². The molecule has 2 amide bonds. The zero-order valence-corrected chi connectivity index (χ0v) is 14.1. The number of aryl methyl sites for hydroxylation is 1. The number of carbonyl (C=O) groups excluding carboxylic acids is 2. The van der Waals surface area contributed by atoms with Crippen LogP contribution in [0.2, 0.25) is 0 Å². The van der Waals surface area contributed by atoms with Crippen LogP contribution in [0.4, 0.5) is 0 Å². The zero-order valence-electron chi connectivity index (χ0n) is 14.1. The van der Waals surface area contributed by atoms with Crippen LogP contribution in [0.5, 0.6) is 0 Å². The maximum Gasteiger partial charge on any atom is 0.257 e. The molecule has 1 aliphatic heterocycles. The Labute approximate surface area is 141 Å². The Balaban J connectivity index is 1.82. The molecule has 0 N–H and O–H groups in total. The van der Waals surface area contributed by atoms with E-state index in [2.05, 4.69) is 5.10 Å². The van der Waals surface area contributed by atoms with Gasteiger partial charge in [-0.15, -0.1) is 0 Å². The van der Waals surface area contributed by atoms with E-state index in [0.29, 0.717) is 25.2 Å². The Morgan fingerprint density at radius 3 is 2.58 bits per heavy atom. The summed E-state index contributed by atoms with van der Waals surface area (Å²) in [7, 11) is 0. The molecule has 6 nitrogen and oxygen atoms in total. The van der Waals surface area contributed by atoms with E-state index in [4.69, 9.17) is 0 Å². The fourth-order valence-corrected chi connectivity index (χ4v) is 3.13. The molecule has 0 radical (unpaired) electrons. The molecular formula is C18H22N4O2. The molecule has 0 spiro atoms. The van der Waals surface area contributed by atoms with E-state index in [0.717, 1.165) is 12.1 Å². The Morgan fingerprint density at radius 1 is 1.21 bits per heavy atom. The van der Waals surface area contributed by atoms with Crippen molar-refractivity contribution in [3.05, 3.63) is 53.9 Å². The first-order valence-electron chi connectivity index (χ1n) is 8.24. The van der Waals surface area contributed by atoms with Crippen molar-refractivity contribution in [1.29, 1.82) is 0 Å². The number of carbonyl (C=O) groups is 2. The van der Waals surface area contributed by atoms with Gasteiger partial charge in [0.05, 0.1) is 17.8 Å². The highest BCUT2D eigenvalue weighted by Crippen LogP contribution is 2.26. The second-order valence-electron chi connectivity index (χ2n) is 5.97. The van der Waals surface area contributed by atoms with Gasteiger partial charge in [0, 0.05) is 39.3 Å². The smallest absolute Gasteiger partial charge is 0.257 e. The van der Waals surface area contributed by atoms with Crippen LogP contribution in [0.25, 0.3) is 0 Å². The van der Waals surface area contributed by atoms with Crippen LogP contribution in [0, 0.1) is 0 Å². The molecular weight excluding hydrogens is 304 g/mol. The van der Waals surface area contributed by atoms with Gasteiger partial charge in [0.2, 0.25) is 5.91 Å². The van der Waals surface area contributed by atoms with Gasteiger partial charge in [-0.25, -0.2) is 0 Å². The molecule has 2 heterocycles. The maximum absolute atomic E-state index is 12.8. The first-order valence-corrected chi connectivity index (χ1v) is 8.24. The summed E-state index contributed by atoms with van der Waals surface area (Å²) in [5, 5.41) is 4.18. The van der Waals surface area contributed by atoms with Crippen molar-refractivity contribution in [2.75, 3.05) is 19.6 Å². The standard InChI is InChI=1S/C18H22N4O2/c1-3-21-12-16(11-19-21)18(24)20-9-10-22(14(2)23)17(13-20)15-7-5-4-6-8-15/h4-8,11-12,17H,3,9-10,13H2,1-2H3. The third-order valence-corrected chi connectivity index (χ3v) is 4.46. The molecule has 3 rings (SSSR count). The minimum Gasteiger partial charge on any atom is -0.334 e. The SMILES string of the molecule is CCn1cc(C(=O)N2CCN(C(C)=O)C(c3ccccc3)C2)cn1. The van der Waals surface area contributed by atoms with Gasteiger partial charge in [0.25, 0.3) is 5.91 Å². The summed E-state index contributed by atoms with van der Waals surface area (Å²) < 4.78 is 1.74. The molecule has 1 aromatic carbocycles. The number of amides is 2. The summed E-state index contributed by atoms with van der Waals surface area (Å²) in [6, 6.07) is 9.77. The molecule has 1 saturated heterocycles. The molecule has 6 heteroatoms. The van der Waals surface area contributed by atoms with E-state index in [-0.39, 0.29) is 17.9 Å². The summed E-state index contributed by atoms with van der Waals surface area (Å²) in [5.74, 6) is 0.00795. The minimum absolute atomic E-state index is 0.0289. The van der Waals surface area contributed by atoms with Crippen molar-refractivity contribution in [3.63, 3.8) is 0 Å². The second kappa shape index (κ2) is 6.86. The van der Waals surface area contributed by atoms with Crippen LogP contribution in [-0.2, 0) is 11.3 Å². The largest absolute Gasteiger partial charge is 0.334 e. The summed E-state index contributed by atoms with van der Waals surface area (Å²) >= 11 is 0. The van der Waals surface area contributed by atoms with Crippen molar-refractivity contribution in [2.45, 2.75) is 26.4 Å². The lowest BCUT2D eigenvalue weighted by Gasteiger charge is -2.41. The number of hydrogen-bond acceptors (Lipinski definition) is 3. The highest BCUT2D eigenvalue weighted by atomic mass is 16.2. The van der Waals surface area contributed by atoms with Crippen LogP contribution in [0.1, 0.15) is 35.8 Å². The summed E-state index contributed by atoms with van der Waals surface area (Å²) in [5.41, 5.74) is 1.65. The summed E-state index contributed by atoms with van der Waals surface area (Å²) in [6.45, 7) is 5.89. The van der Waals surface area contributed by atoms with Crippen molar-refractivity contribution in [1.82, 2.24) is 19.6 Å². The first kappa shape index (κ1) is 16.2. The van der Waals surface area contributed by atoms with Crippen LogP contribution in [-0.4, -0.2) is 51.0 Å². The Hall–Kier alpha value is -2.63. The molecule has 1 fully saturated rings. The molecule has 0 aliphatic carbocycles. The van der Waals surface area contributed by atoms with E-state index < -0.39 is 0 Å². The molecule has 0 saturated carbocycles. The fourth-order valence-electron chi connectivity index (χ4n) is 3.13. The highest BCUT2D eigenvalue weighted by Gasteiger charge is 2.32. The van der Waals surface area contributed by atoms with Gasteiger partial charge in [-0.3, -0.25) is 14.3 Å². The average Bonchev–Trinajstić information content (AvgIpc) is 3.10. The monoisotopic (exact) mass is 326 g/mol. The van der Waals surface area contributed by atoms with Gasteiger partial charge in [-0.2, -0.15) is 5.10 Å². The predicted molar refractivity (Wildman–Crippen MR) is 90.4 cm³/mol. The summed E-state index contributed by atoms with van der Waals surface area (Å²) in [6.07, 6.45) is 3.39. The zero-order chi connectivity index (χ0) is 17.1. The van der Waals surface area contributed by atoms with Gasteiger partial charge in [0.1, 0.15) is 0 Å². The van der Waals surface area contributed by atoms with Gasteiger partial charge >= 0.3 is 0 Å². The van der Waals surface area contributed by atoms with E-state index in [1.54, 1.807) is 24.0 Å². The van der Waals surface area contributed by atoms with Crippen LogP contribution < -0.4 is 0 Å². The lowest BCUT2D eigenvalue weighted by molar-refractivity contribution is -0.133. The molecule has 1 atom stereocenters. The first-order chi connectivity index (χ1) is 11.6. The molecule has 1 aliphatic rings. The molecule has 2 aromatic rings. The normalized spacial score (nSPS) is 17.8. The van der Waals surface area contributed by atoms with E-state index in [9.17, 15) is 9.59 Å². The maximum atomic E-state index is 12.8. The minimum atomic E-state index is -0.109. The van der Waals surface area contributed by atoms with Gasteiger partial charge in [-0.05, 0) is 12.5 Å². The Morgan fingerprint density at radius 2 is 1.96 bits per heavy atom. The number of rotatable bonds is 3. The number of nitrogens with zero attached hydrogens (tertiary/aromatic N) is 4. The van der Waals surface area contributed by atoms with Gasteiger partial charge in [-0.1, -0.05) is 30.3 Å². The quantitative estimate of drug-likeness (QED) is 0.866. The number of hydrogen-bond donors (Lipinski definition) is 0.